The zero-order valence-corrected chi connectivity index (χ0v) is 37.2. The Morgan fingerprint density at radius 2 is 0.321 bits per heavy atom. The Labute approximate surface area is 343 Å². The predicted octanol–water partition coefficient (Wildman–Crippen LogP) is 7.69. The van der Waals surface area contributed by atoms with E-state index in [1.54, 1.807) is 0 Å². The van der Waals surface area contributed by atoms with E-state index in [-0.39, 0.29) is 0 Å². The number of rotatable bonds is 8. The van der Waals surface area contributed by atoms with Crippen molar-refractivity contribution in [2.75, 3.05) is 0 Å². The second-order valence-corrected chi connectivity index (χ2v) is 21.7. The molecule has 8 nitrogen and oxygen atoms in total. The zero-order chi connectivity index (χ0) is 38.8. The number of fused-ring (bicyclic) bond motifs is 20. The lowest BCUT2D eigenvalue weighted by Gasteiger charge is -2.43. The molecular weight excluding hydrogens is 689 g/mol. The van der Waals surface area contributed by atoms with Crippen molar-refractivity contribution >= 4 is 0 Å². The fraction of sp³-hybridized carbons (Fsp3) is 1.00. The van der Waals surface area contributed by atoms with Crippen molar-refractivity contribution < 1.29 is 0 Å². The van der Waals surface area contributed by atoms with Crippen LogP contribution in [0.2, 0.25) is 0 Å². The summed E-state index contributed by atoms with van der Waals surface area (Å²) in [7, 11) is 0. The van der Waals surface area contributed by atoms with Crippen LogP contribution in [0.25, 0.3) is 0 Å². The van der Waals surface area contributed by atoms with Crippen LogP contribution in [0.4, 0.5) is 0 Å². The summed E-state index contributed by atoms with van der Waals surface area (Å²) in [5.74, 6) is 12.3. The quantitative estimate of drug-likeness (QED) is 0.127. The number of hydrogen-bond donors (Lipinski definition) is 8. The summed E-state index contributed by atoms with van der Waals surface area (Å²) >= 11 is 0. The molecule has 0 aromatic rings. The van der Waals surface area contributed by atoms with Gasteiger partial charge in [0, 0.05) is 0 Å². The third-order valence-electron chi connectivity index (χ3n) is 20.0. The summed E-state index contributed by atoms with van der Waals surface area (Å²) in [6.07, 6.45) is 24.5. The molecule has 5 saturated heterocycles. The fourth-order valence-corrected chi connectivity index (χ4v) is 16.7. The maximum atomic E-state index is 4.47. The summed E-state index contributed by atoms with van der Waals surface area (Å²) in [5, 5.41) is 35.5. The van der Waals surface area contributed by atoms with Crippen molar-refractivity contribution in [2.45, 2.75) is 207 Å². The smallest absolute Gasteiger partial charge is 0.0628 e. The van der Waals surface area contributed by atoms with E-state index in [0.717, 1.165) is 47.3 Å². The first-order chi connectivity index (χ1) is 27.3. The van der Waals surface area contributed by atoms with Crippen molar-refractivity contribution in [2.24, 2.45) is 94.7 Å². The van der Waals surface area contributed by atoms with Gasteiger partial charge in [-0.25, -0.2) is 0 Å². The first-order valence-corrected chi connectivity index (χ1v) is 25.4. The van der Waals surface area contributed by atoms with E-state index in [1.165, 1.54) is 103 Å². The maximum Gasteiger partial charge on any atom is 0.0628 e. The molecule has 9 aliphatic rings. The van der Waals surface area contributed by atoms with Gasteiger partial charge in [-0.1, -0.05) is 107 Å². The van der Waals surface area contributed by atoms with E-state index in [2.05, 4.69) is 97.9 Å². The lowest BCUT2D eigenvalue weighted by molar-refractivity contribution is 0.0707. The highest BCUT2D eigenvalue weighted by atomic mass is 15.4. The fourth-order valence-electron chi connectivity index (χ4n) is 16.7. The Morgan fingerprint density at radius 3 is 0.411 bits per heavy atom. The molecule has 5 heterocycles. The van der Waals surface area contributed by atoms with Crippen LogP contribution in [0.15, 0.2) is 0 Å². The minimum atomic E-state index is 0.358. The van der Waals surface area contributed by atoms with Gasteiger partial charge in [-0.15, -0.1) is 0 Å². The van der Waals surface area contributed by atoms with Gasteiger partial charge >= 0.3 is 0 Å². The van der Waals surface area contributed by atoms with Gasteiger partial charge in [0.2, 0.25) is 0 Å². The molecule has 56 heavy (non-hydrogen) atoms. The molecule has 4 saturated carbocycles. The summed E-state index contributed by atoms with van der Waals surface area (Å²) in [6.45, 7) is 19.8. The van der Waals surface area contributed by atoms with Crippen LogP contribution in [-0.4, -0.2) is 49.3 Å². The monoisotopic (exact) mass is 777 g/mol. The molecule has 9 rings (SSSR count). The lowest BCUT2D eigenvalue weighted by atomic mass is 9.65. The van der Waals surface area contributed by atoms with E-state index in [1.807, 2.05) is 0 Å². The molecule has 0 amide bonds. The van der Waals surface area contributed by atoms with Crippen molar-refractivity contribution in [3.05, 3.63) is 0 Å². The van der Waals surface area contributed by atoms with Gasteiger partial charge in [-0.2, -0.15) is 0 Å². The second kappa shape index (κ2) is 17.2. The molecule has 0 aromatic carbocycles. The van der Waals surface area contributed by atoms with E-state index in [0.29, 0.717) is 96.7 Å². The Kier molecular flexibility index (Phi) is 12.6. The molecular formula is C48H88N8. The second-order valence-electron chi connectivity index (χ2n) is 21.7. The minimum absolute atomic E-state index is 0.358. The normalized spacial score (nSPS) is 55.3. The third-order valence-corrected chi connectivity index (χ3v) is 20.0. The van der Waals surface area contributed by atoms with Crippen LogP contribution in [-0.2, 0) is 0 Å². The number of nitrogens with one attached hydrogen (secondary N) is 8. The first kappa shape index (κ1) is 41.1. The summed E-state index contributed by atoms with van der Waals surface area (Å²) in [4.78, 5) is 0. The van der Waals surface area contributed by atoms with Crippen LogP contribution >= 0.6 is 0 Å². The molecule has 5 aliphatic heterocycles. The van der Waals surface area contributed by atoms with Gasteiger partial charge in [0.1, 0.15) is 0 Å². The Morgan fingerprint density at radius 1 is 0.214 bits per heavy atom. The standard InChI is InChI=1S/C48H88N8/c1-9-25-17-33-34(18-26(25)10-2)42-49-41(33)53-43-35-19-27(11-3)28(12-4)20-36(35)45(50-43)55-47-39-23-31(15-7)32(16-8)24-40(39)48(52-47)56-46-38-22-30(14-6)29(13-5)21-37(38)44(51-46)54-42/h25-56H,9-24H2,1-8H3. The SMILES string of the molecule is CCC1CC2C3NC(NC4NC(NC5NC(NC6NC(N3)C3CC(CC)C(CC)CC63)C3CC(CC)C(CC)CC53)C3CC(CC)C(CC)CC43)C2CC1CC. The lowest BCUT2D eigenvalue weighted by Crippen LogP contribution is -2.61. The third kappa shape index (κ3) is 7.22. The van der Waals surface area contributed by atoms with E-state index in [9.17, 15) is 0 Å². The average Bonchev–Trinajstić information content (AvgIpc) is 3.95. The topological polar surface area (TPSA) is 96.2 Å². The molecule has 0 aromatic heterocycles. The van der Waals surface area contributed by atoms with E-state index < -0.39 is 0 Å². The molecule has 4 aliphatic carbocycles. The molecule has 8 bridgehead atoms. The first-order valence-electron chi connectivity index (χ1n) is 25.4. The summed E-state index contributed by atoms with van der Waals surface area (Å²) in [5.41, 5.74) is 0. The molecule has 16 unspecified atom stereocenters. The van der Waals surface area contributed by atoms with Crippen LogP contribution in [0.5, 0.6) is 0 Å². The summed E-state index contributed by atoms with van der Waals surface area (Å²) in [6, 6.07) is 0. The van der Waals surface area contributed by atoms with E-state index >= 15 is 0 Å². The number of hydrogen-bond acceptors (Lipinski definition) is 8. The molecule has 320 valence electrons. The van der Waals surface area contributed by atoms with Gasteiger partial charge in [0.15, 0.2) is 0 Å². The van der Waals surface area contributed by atoms with Crippen LogP contribution in [0.3, 0.4) is 0 Å². The van der Waals surface area contributed by atoms with Gasteiger partial charge < -0.3 is 0 Å². The van der Waals surface area contributed by atoms with Gasteiger partial charge in [0.25, 0.3) is 0 Å². The Hall–Kier alpha value is -0.320. The van der Waals surface area contributed by atoms with Crippen LogP contribution < -0.4 is 42.5 Å². The molecule has 0 radical (unpaired) electrons. The van der Waals surface area contributed by atoms with E-state index in [4.69, 9.17) is 0 Å². The predicted molar refractivity (Wildman–Crippen MR) is 230 cm³/mol. The molecule has 16 atom stereocenters. The minimum Gasteiger partial charge on any atom is -0.286 e. The van der Waals surface area contributed by atoms with Crippen molar-refractivity contribution in [3.8, 4) is 0 Å². The largest absolute Gasteiger partial charge is 0.286 e. The zero-order valence-electron chi connectivity index (χ0n) is 37.2. The average molecular weight is 777 g/mol. The molecule has 0 spiro atoms. The highest BCUT2D eigenvalue weighted by molar-refractivity contribution is 5.11. The molecule has 9 fully saturated rings. The highest BCUT2D eigenvalue weighted by Gasteiger charge is 2.58. The highest BCUT2D eigenvalue weighted by Crippen LogP contribution is 2.52. The van der Waals surface area contributed by atoms with Gasteiger partial charge in [-0.3, -0.25) is 42.5 Å². The summed E-state index contributed by atoms with van der Waals surface area (Å²) < 4.78 is 0. The Balaban J connectivity index is 1.08. The molecule has 8 heteroatoms. The van der Waals surface area contributed by atoms with Gasteiger partial charge in [0.05, 0.1) is 49.3 Å². The van der Waals surface area contributed by atoms with Crippen LogP contribution in [0, 0.1) is 94.7 Å². The van der Waals surface area contributed by atoms with Crippen molar-refractivity contribution in [1.29, 1.82) is 0 Å². The van der Waals surface area contributed by atoms with Crippen molar-refractivity contribution in [1.82, 2.24) is 42.5 Å². The Bertz CT molecular complexity index is 1020. The van der Waals surface area contributed by atoms with Crippen molar-refractivity contribution in [3.63, 3.8) is 0 Å². The molecule has 8 N–H and O–H groups in total. The van der Waals surface area contributed by atoms with Crippen LogP contribution in [0.1, 0.15) is 158 Å². The van der Waals surface area contributed by atoms with Gasteiger partial charge in [-0.05, 0) is 146 Å². The maximum absolute atomic E-state index is 4.47.